The number of carbonyl (C=O) groups is 2. The first kappa shape index (κ1) is 9.47. The summed E-state index contributed by atoms with van der Waals surface area (Å²) in [5, 5.41) is 2.42. The van der Waals surface area contributed by atoms with E-state index in [4.69, 9.17) is 0 Å². The van der Waals surface area contributed by atoms with E-state index in [1.807, 2.05) is 0 Å². The summed E-state index contributed by atoms with van der Waals surface area (Å²) >= 11 is 1.58. The second-order valence-corrected chi connectivity index (χ2v) is 2.35. The van der Waals surface area contributed by atoms with E-state index in [0.717, 1.165) is 0 Å². The van der Waals surface area contributed by atoms with Crippen molar-refractivity contribution in [2.24, 2.45) is 5.73 Å². The SMILES string of the molecule is NC(=O)OCCNC(=O)I. The Morgan fingerprint density at radius 3 is 2.60 bits per heavy atom. The van der Waals surface area contributed by atoms with Crippen LogP contribution in [0.1, 0.15) is 0 Å². The average molecular weight is 258 g/mol. The number of hydrogen-bond acceptors (Lipinski definition) is 3. The van der Waals surface area contributed by atoms with Crippen molar-refractivity contribution in [1.82, 2.24) is 5.32 Å². The maximum Gasteiger partial charge on any atom is 0.404 e. The molecule has 0 saturated heterocycles. The molecule has 0 atom stereocenters. The first-order valence-corrected chi connectivity index (χ1v) is 3.56. The van der Waals surface area contributed by atoms with E-state index >= 15 is 0 Å². The first-order chi connectivity index (χ1) is 4.63. The highest BCUT2D eigenvalue weighted by atomic mass is 127. The Hall–Kier alpha value is -0.530. The monoisotopic (exact) mass is 258 g/mol. The Morgan fingerprint density at radius 2 is 2.20 bits per heavy atom. The number of rotatable bonds is 3. The molecule has 0 spiro atoms. The zero-order valence-corrected chi connectivity index (χ0v) is 7.25. The van der Waals surface area contributed by atoms with Crippen LogP contribution in [-0.2, 0) is 4.74 Å². The minimum atomic E-state index is -0.831. The number of nitrogens with two attached hydrogens (primary N) is 1. The lowest BCUT2D eigenvalue weighted by Crippen LogP contribution is -2.24. The van der Waals surface area contributed by atoms with Gasteiger partial charge in [-0.2, -0.15) is 0 Å². The van der Waals surface area contributed by atoms with E-state index in [2.05, 4.69) is 15.8 Å². The second-order valence-electron chi connectivity index (χ2n) is 1.37. The Bertz CT molecular complexity index is 122. The van der Waals surface area contributed by atoms with E-state index < -0.39 is 6.09 Å². The van der Waals surface area contributed by atoms with Gasteiger partial charge in [-0.05, 0) is 0 Å². The largest absolute Gasteiger partial charge is 0.448 e. The van der Waals surface area contributed by atoms with Crippen molar-refractivity contribution in [3.8, 4) is 0 Å². The standard InChI is InChI=1S/C4H7IN2O3/c5-3(8)7-1-2-10-4(6)9/h1-2H2,(H2,6,9)(H,7,8). The molecule has 0 aliphatic rings. The average Bonchev–Trinajstić information content (AvgIpc) is 1.79. The lowest BCUT2D eigenvalue weighted by Gasteiger charge is -1.99. The highest BCUT2D eigenvalue weighted by Gasteiger charge is 1.94. The first-order valence-electron chi connectivity index (χ1n) is 2.48. The maximum absolute atomic E-state index is 10.2. The van der Waals surface area contributed by atoms with Gasteiger partial charge in [-0.3, -0.25) is 4.79 Å². The summed E-state index contributed by atoms with van der Waals surface area (Å²) < 4.78 is 4.12. The fourth-order valence-electron chi connectivity index (χ4n) is 0.301. The van der Waals surface area contributed by atoms with Crippen molar-refractivity contribution in [3.05, 3.63) is 0 Å². The molecule has 0 unspecified atom stereocenters. The van der Waals surface area contributed by atoms with E-state index in [1.165, 1.54) is 0 Å². The van der Waals surface area contributed by atoms with Gasteiger partial charge >= 0.3 is 6.09 Å². The van der Waals surface area contributed by atoms with Crippen LogP contribution >= 0.6 is 22.6 Å². The molecule has 10 heavy (non-hydrogen) atoms. The smallest absolute Gasteiger partial charge is 0.404 e. The molecule has 0 bridgehead atoms. The third kappa shape index (κ3) is 7.47. The molecule has 0 aromatic heterocycles. The summed E-state index contributed by atoms with van der Waals surface area (Å²) in [6, 6.07) is 0. The van der Waals surface area contributed by atoms with Crippen LogP contribution in [0.3, 0.4) is 0 Å². The molecule has 2 amide bonds. The van der Waals surface area contributed by atoms with Gasteiger partial charge in [0.2, 0.25) is 0 Å². The van der Waals surface area contributed by atoms with Gasteiger partial charge in [0.25, 0.3) is 3.91 Å². The summed E-state index contributed by atoms with van der Waals surface area (Å²) in [7, 11) is 0. The summed E-state index contributed by atoms with van der Waals surface area (Å²) in [4.78, 5) is 20.1. The number of ether oxygens (including phenoxy) is 1. The zero-order chi connectivity index (χ0) is 7.98. The van der Waals surface area contributed by atoms with Crippen molar-refractivity contribution in [2.45, 2.75) is 0 Å². The van der Waals surface area contributed by atoms with Crippen LogP contribution < -0.4 is 11.1 Å². The van der Waals surface area contributed by atoms with Crippen LogP contribution in [0, 0.1) is 0 Å². The predicted octanol–water partition coefficient (Wildman–Crippen LogP) is 0.226. The Balaban J connectivity index is 3.06. The lowest BCUT2D eigenvalue weighted by atomic mass is 10.7. The minimum Gasteiger partial charge on any atom is -0.448 e. The highest BCUT2D eigenvalue weighted by Crippen LogP contribution is 1.81. The molecular formula is C4H7IN2O3. The number of nitrogens with one attached hydrogen (secondary N) is 1. The quantitative estimate of drug-likeness (QED) is 0.329. The molecule has 0 aromatic carbocycles. The molecule has 3 N–H and O–H groups in total. The fourth-order valence-corrected chi connectivity index (χ4v) is 0.571. The maximum atomic E-state index is 10.2. The van der Waals surface area contributed by atoms with Crippen LogP contribution in [-0.4, -0.2) is 23.2 Å². The summed E-state index contributed by atoms with van der Waals surface area (Å²) in [5.41, 5.74) is 4.63. The molecule has 0 aromatic rings. The van der Waals surface area contributed by atoms with E-state index in [1.54, 1.807) is 22.6 Å². The van der Waals surface area contributed by atoms with Crippen LogP contribution in [0.5, 0.6) is 0 Å². The molecule has 0 aliphatic heterocycles. The molecular weight excluding hydrogens is 251 g/mol. The van der Waals surface area contributed by atoms with Crippen LogP contribution in [0.25, 0.3) is 0 Å². The Labute approximate surface area is 71.4 Å². The van der Waals surface area contributed by atoms with Gasteiger partial charge in [0.15, 0.2) is 0 Å². The number of hydrogen-bond donors (Lipinski definition) is 2. The van der Waals surface area contributed by atoms with Gasteiger partial charge < -0.3 is 15.8 Å². The van der Waals surface area contributed by atoms with Gasteiger partial charge in [-0.1, -0.05) is 0 Å². The van der Waals surface area contributed by atoms with Crippen molar-refractivity contribution in [1.29, 1.82) is 0 Å². The number of halogens is 1. The van der Waals surface area contributed by atoms with Gasteiger partial charge in [-0.25, -0.2) is 4.79 Å². The normalized spacial score (nSPS) is 8.50. The lowest BCUT2D eigenvalue weighted by molar-refractivity contribution is 0.158. The topological polar surface area (TPSA) is 81.4 Å². The Kier molecular flexibility index (Phi) is 4.99. The fraction of sp³-hybridized carbons (Fsp3) is 0.500. The third-order valence-corrected chi connectivity index (χ3v) is 0.992. The highest BCUT2D eigenvalue weighted by molar-refractivity contribution is 14.1. The van der Waals surface area contributed by atoms with Crippen molar-refractivity contribution in [2.75, 3.05) is 13.2 Å². The zero-order valence-electron chi connectivity index (χ0n) is 5.09. The van der Waals surface area contributed by atoms with Crippen molar-refractivity contribution in [3.63, 3.8) is 0 Å². The second kappa shape index (κ2) is 5.27. The van der Waals surface area contributed by atoms with Crippen LogP contribution in [0.15, 0.2) is 0 Å². The molecule has 0 saturated carbocycles. The third-order valence-electron chi connectivity index (χ3n) is 0.610. The van der Waals surface area contributed by atoms with E-state index in [0.29, 0.717) is 6.54 Å². The summed E-state index contributed by atoms with van der Waals surface area (Å²) in [6.45, 7) is 0.411. The molecule has 6 heteroatoms. The summed E-state index contributed by atoms with van der Waals surface area (Å²) in [6.07, 6.45) is -0.831. The van der Waals surface area contributed by atoms with Crippen LogP contribution in [0.2, 0.25) is 0 Å². The molecule has 0 aliphatic carbocycles. The summed E-state index contributed by atoms with van der Waals surface area (Å²) in [5.74, 6) is 0. The van der Waals surface area contributed by atoms with E-state index in [-0.39, 0.29) is 10.5 Å². The number of primary amides is 1. The van der Waals surface area contributed by atoms with Crippen molar-refractivity contribution < 1.29 is 14.3 Å². The Morgan fingerprint density at radius 1 is 1.60 bits per heavy atom. The number of carbonyl (C=O) groups excluding carboxylic acids is 2. The van der Waals surface area contributed by atoms with E-state index in [9.17, 15) is 9.59 Å². The van der Waals surface area contributed by atoms with Gasteiger partial charge in [-0.15, -0.1) is 0 Å². The van der Waals surface area contributed by atoms with Gasteiger partial charge in [0.05, 0.1) is 6.54 Å². The molecule has 0 rings (SSSR count). The van der Waals surface area contributed by atoms with Gasteiger partial charge in [0, 0.05) is 22.6 Å². The van der Waals surface area contributed by atoms with Crippen LogP contribution in [0.4, 0.5) is 9.59 Å². The molecule has 5 nitrogen and oxygen atoms in total. The predicted molar refractivity (Wildman–Crippen MR) is 43.0 cm³/mol. The molecule has 0 fully saturated rings. The minimum absolute atomic E-state index is 0.115. The molecule has 0 heterocycles. The van der Waals surface area contributed by atoms with Crippen molar-refractivity contribution >= 4 is 32.6 Å². The number of amides is 2. The molecule has 58 valence electrons. The van der Waals surface area contributed by atoms with Gasteiger partial charge in [0.1, 0.15) is 6.61 Å². The molecule has 0 radical (unpaired) electrons.